The molecule has 0 unspecified atom stereocenters. The molecular weight excluding hydrogens is 190 g/mol. The third-order valence-electron chi connectivity index (χ3n) is 2.09. The van der Waals surface area contributed by atoms with E-state index < -0.39 is 0 Å². The van der Waals surface area contributed by atoms with Crippen LogP contribution in [0.1, 0.15) is 10.6 Å². The maximum Gasteiger partial charge on any atom is 0.291 e. The molecule has 4 nitrogen and oxygen atoms in total. The average Bonchev–Trinajstić information content (AvgIpc) is 2.27. The van der Waals surface area contributed by atoms with E-state index in [4.69, 9.17) is 0 Å². The highest BCUT2D eigenvalue weighted by molar-refractivity contribution is 5.92. The van der Waals surface area contributed by atoms with Gasteiger partial charge in [-0.1, -0.05) is 18.2 Å². The summed E-state index contributed by atoms with van der Waals surface area (Å²) in [6.45, 7) is 0. The van der Waals surface area contributed by atoms with Crippen molar-refractivity contribution in [3.05, 3.63) is 36.3 Å². The van der Waals surface area contributed by atoms with E-state index in [0.717, 1.165) is 10.9 Å². The lowest BCUT2D eigenvalue weighted by molar-refractivity contribution is 0.0816. The van der Waals surface area contributed by atoms with Gasteiger partial charge < -0.3 is 4.90 Å². The maximum atomic E-state index is 11.6. The summed E-state index contributed by atoms with van der Waals surface area (Å²) in [7, 11) is 3.36. The van der Waals surface area contributed by atoms with Gasteiger partial charge in [0.15, 0.2) is 0 Å². The van der Waals surface area contributed by atoms with Gasteiger partial charge in [-0.25, -0.2) is 9.97 Å². The summed E-state index contributed by atoms with van der Waals surface area (Å²) in [5.74, 6) is 0.0550. The van der Waals surface area contributed by atoms with E-state index in [1.165, 1.54) is 4.90 Å². The first-order valence-electron chi connectivity index (χ1n) is 4.62. The quantitative estimate of drug-likeness (QED) is 0.699. The molecule has 0 fully saturated rings. The number of carbonyl (C=O) groups is 1. The van der Waals surface area contributed by atoms with E-state index in [1.54, 1.807) is 20.3 Å². The number of aromatic nitrogens is 2. The zero-order chi connectivity index (χ0) is 10.8. The molecule has 0 bridgehead atoms. The number of fused-ring (bicyclic) bond motifs is 1. The molecule has 0 saturated carbocycles. The van der Waals surface area contributed by atoms with Gasteiger partial charge in [-0.3, -0.25) is 4.79 Å². The Balaban J connectivity index is 2.52. The monoisotopic (exact) mass is 201 g/mol. The van der Waals surface area contributed by atoms with E-state index in [0.29, 0.717) is 0 Å². The SMILES string of the molecule is CN(C)C(=O)c1ncc2ccccc2n1. The normalized spacial score (nSPS) is 10.3. The molecule has 1 aromatic carbocycles. The van der Waals surface area contributed by atoms with Crippen LogP contribution in [0.5, 0.6) is 0 Å². The van der Waals surface area contributed by atoms with Gasteiger partial charge in [-0.15, -0.1) is 0 Å². The third-order valence-corrected chi connectivity index (χ3v) is 2.09. The van der Waals surface area contributed by atoms with Crippen LogP contribution in [-0.2, 0) is 0 Å². The average molecular weight is 201 g/mol. The van der Waals surface area contributed by atoms with Crippen molar-refractivity contribution in [1.29, 1.82) is 0 Å². The number of benzene rings is 1. The summed E-state index contributed by atoms with van der Waals surface area (Å²) in [6, 6.07) is 7.58. The molecule has 2 aromatic rings. The topological polar surface area (TPSA) is 46.1 Å². The van der Waals surface area contributed by atoms with Gasteiger partial charge in [0.25, 0.3) is 5.91 Å². The largest absolute Gasteiger partial charge is 0.342 e. The highest BCUT2D eigenvalue weighted by atomic mass is 16.2. The second kappa shape index (κ2) is 3.65. The van der Waals surface area contributed by atoms with Crippen molar-refractivity contribution in [2.75, 3.05) is 14.1 Å². The number of carbonyl (C=O) groups excluding carboxylic acids is 1. The molecule has 1 aromatic heterocycles. The van der Waals surface area contributed by atoms with Crippen LogP contribution in [0.25, 0.3) is 10.9 Å². The van der Waals surface area contributed by atoms with Gasteiger partial charge >= 0.3 is 0 Å². The van der Waals surface area contributed by atoms with Gasteiger partial charge in [-0.2, -0.15) is 0 Å². The number of hydrogen-bond acceptors (Lipinski definition) is 3. The van der Waals surface area contributed by atoms with Gasteiger partial charge in [0.2, 0.25) is 5.82 Å². The lowest BCUT2D eigenvalue weighted by Gasteiger charge is -2.08. The predicted molar refractivity (Wildman–Crippen MR) is 57.6 cm³/mol. The number of rotatable bonds is 1. The Morgan fingerprint density at radius 2 is 2.00 bits per heavy atom. The van der Waals surface area contributed by atoms with Crippen molar-refractivity contribution in [2.24, 2.45) is 0 Å². The lowest BCUT2D eigenvalue weighted by atomic mass is 10.2. The third kappa shape index (κ3) is 1.79. The molecule has 0 aliphatic carbocycles. The van der Waals surface area contributed by atoms with Gasteiger partial charge in [-0.05, 0) is 6.07 Å². The number of amides is 1. The van der Waals surface area contributed by atoms with Crippen molar-refractivity contribution < 1.29 is 4.79 Å². The van der Waals surface area contributed by atoms with Crippen LogP contribution in [0, 0.1) is 0 Å². The van der Waals surface area contributed by atoms with Gasteiger partial charge in [0, 0.05) is 25.7 Å². The second-order valence-electron chi connectivity index (χ2n) is 3.45. The zero-order valence-electron chi connectivity index (χ0n) is 8.64. The molecule has 0 N–H and O–H groups in total. The van der Waals surface area contributed by atoms with Crippen LogP contribution in [-0.4, -0.2) is 34.9 Å². The number of para-hydroxylation sites is 1. The molecule has 2 rings (SSSR count). The van der Waals surface area contributed by atoms with Crippen LogP contribution in [0.15, 0.2) is 30.5 Å². The van der Waals surface area contributed by atoms with Crippen LogP contribution in [0.3, 0.4) is 0 Å². The molecule has 76 valence electrons. The van der Waals surface area contributed by atoms with Crippen LogP contribution >= 0.6 is 0 Å². The van der Waals surface area contributed by atoms with E-state index in [2.05, 4.69) is 9.97 Å². The lowest BCUT2D eigenvalue weighted by Crippen LogP contribution is -2.23. The molecule has 1 amide bonds. The van der Waals surface area contributed by atoms with E-state index in [9.17, 15) is 4.79 Å². The van der Waals surface area contributed by atoms with Crippen molar-refractivity contribution in [3.8, 4) is 0 Å². The van der Waals surface area contributed by atoms with Gasteiger partial charge in [0.05, 0.1) is 5.52 Å². The smallest absolute Gasteiger partial charge is 0.291 e. The minimum atomic E-state index is -0.180. The van der Waals surface area contributed by atoms with Crippen LogP contribution in [0.4, 0.5) is 0 Å². The molecule has 1 heterocycles. The first-order valence-corrected chi connectivity index (χ1v) is 4.62. The molecule has 0 saturated heterocycles. The summed E-state index contributed by atoms with van der Waals surface area (Å²) >= 11 is 0. The summed E-state index contributed by atoms with van der Waals surface area (Å²) in [6.07, 6.45) is 1.67. The highest BCUT2D eigenvalue weighted by Gasteiger charge is 2.11. The standard InChI is InChI=1S/C11H11N3O/c1-14(2)11(15)10-12-7-8-5-3-4-6-9(8)13-10/h3-7H,1-2H3. The Morgan fingerprint density at radius 1 is 1.27 bits per heavy atom. The zero-order valence-corrected chi connectivity index (χ0v) is 8.64. The van der Waals surface area contributed by atoms with E-state index in [1.807, 2.05) is 24.3 Å². The Hall–Kier alpha value is -1.97. The summed E-state index contributed by atoms with van der Waals surface area (Å²) in [5.41, 5.74) is 0.790. The summed E-state index contributed by atoms with van der Waals surface area (Å²) in [5, 5.41) is 0.938. The minimum absolute atomic E-state index is 0.180. The minimum Gasteiger partial charge on any atom is -0.342 e. The molecule has 0 aliphatic heterocycles. The fourth-order valence-corrected chi connectivity index (χ4v) is 1.28. The fourth-order valence-electron chi connectivity index (χ4n) is 1.28. The van der Waals surface area contributed by atoms with E-state index in [-0.39, 0.29) is 11.7 Å². The Kier molecular flexibility index (Phi) is 2.33. The molecule has 0 radical (unpaired) electrons. The first kappa shape index (κ1) is 9.58. The molecule has 4 heteroatoms. The summed E-state index contributed by atoms with van der Waals surface area (Å²) in [4.78, 5) is 21.3. The first-order chi connectivity index (χ1) is 7.18. The Morgan fingerprint density at radius 3 is 2.73 bits per heavy atom. The van der Waals surface area contributed by atoms with Gasteiger partial charge in [0.1, 0.15) is 0 Å². The predicted octanol–water partition coefficient (Wildman–Crippen LogP) is 1.33. The number of hydrogen-bond donors (Lipinski definition) is 0. The highest BCUT2D eigenvalue weighted by Crippen LogP contribution is 2.09. The Bertz CT molecular complexity index is 508. The van der Waals surface area contributed by atoms with Crippen molar-refractivity contribution in [3.63, 3.8) is 0 Å². The van der Waals surface area contributed by atoms with Crippen molar-refractivity contribution >= 4 is 16.8 Å². The molecule has 0 aliphatic rings. The fraction of sp³-hybridized carbons (Fsp3) is 0.182. The van der Waals surface area contributed by atoms with Crippen LogP contribution in [0.2, 0.25) is 0 Å². The van der Waals surface area contributed by atoms with Crippen LogP contribution < -0.4 is 0 Å². The van der Waals surface area contributed by atoms with Crippen molar-refractivity contribution in [2.45, 2.75) is 0 Å². The number of nitrogens with zero attached hydrogens (tertiary/aromatic N) is 3. The maximum absolute atomic E-state index is 11.6. The summed E-state index contributed by atoms with van der Waals surface area (Å²) < 4.78 is 0. The molecule has 0 atom stereocenters. The second-order valence-corrected chi connectivity index (χ2v) is 3.45. The molecule has 15 heavy (non-hydrogen) atoms. The van der Waals surface area contributed by atoms with Crippen molar-refractivity contribution in [1.82, 2.24) is 14.9 Å². The molecular formula is C11H11N3O. The van der Waals surface area contributed by atoms with E-state index >= 15 is 0 Å². The Labute approximate surface area is 87.6 Å². The molecule has 0 spiro atoms.